The summed E-state index contributed by atoms with van der Waals surface area (Å²) in [5.41, 5.74) is 1.65. The minimum atomic E-state index is -0.963. The third-order valence-corrected chi connectivity index (χ3v) is 3.00. The highest BCUT2D eigenvalue weighted by molar-refractivity contribution is 7.09. The lowest BCUT2D eigenvalue weighted by Gasteiger charge is -2.09. The SMILES string of the molecule is CC(CC(=O)O)CC(=O)NC(=O)NCc1cncs1. The molecule has 1 aromatic rings. The van der Waals surface area contributed by atoms with Crippen LogP contribution in [0.4, 0.5) is 4.79 Å². The molecule has 7 nitrogen and oxygen atoms in total. The zero-order valence-corrected chi connectivity index (χ0v) is 11.2. The van der Waals surface area contributed by atoms with Gasteiger partial charge in [-0.3, -0.25) is 19.9 Å². The number of rotatable bonds is 6. The van der Waals surface area contributed by atoms with Gasteiger partial charge in [-0.15, -0.1) is 11.3 Å². The average Bonchev–Trinajstić information content (AvgIpc) is 2.77. The second kappa shape index (κ2) is 7.47. The highest BCUT2D eigenvalue weighted by atomic mass is 32.1. The van der Waals surface area contributed by atoms with Gasteiger partial charge in [-0.1, -0.05) is 6.92 Å². The number of carboxylic acids is 1. The molecule has 0 fully saturated rings. The lowest BCUT2D eigenvalue weighted by molar-refractivity contribution is -0.138. The Kier molecular flexibility index (Phi) is 5.94. The maximum atomic E-state index is 11.4. The van der Waals surface area contributed by atoms with Crippen molar-refractivity contribution in [3.63, 3.8) is 0 Å². The van der Waals surface area contributed by atoms with E-state index in [2.05, 4.69) is 15.6 Å². The topological polar surface area (TPSA) is 108 Å². The van der Waals surface area contributed by atoms with Crippen molar-refractivity contribution in [2.75, 3.05) is 0 Å². The van der Waals surface area contributed by atoms with Crippen LogP contribution in [0.3, 0.4) is 0 Å². The summed E-state index contributed by atoms with van der Waals surface area (Å²) in [5, 5.41) is 13.2. The molecule has 0 bridgehead atoms. The largest absolute Gasteiger partial charge is 0.481 e. The number of nitrogens with one attached hydrogen (secondary N) is 2. The molecular weight excluding hydrogens is 270 g/mol. The van der Waals surface area contributed by atoms with E-state index in [1.165, 1.54) is 11.3 Å². The van der Waals surface area contributed by atoms with E-state index in [1.807, 2.05) is 0 Å². The second-order valence-corrected chi connectivity index (χ2v) is 5.08. The minimum absolute atomic E-state index is 0.000275. The summed E-state index contributed by atoms with van der Waals surface area (Å²) >= 11 is 1.40. The average molecular weight is 285 g/mol. The van der Waals surface area contributed by atoms with Gasteiger partial charge in [-0.25, -0.2) is 4.79 Å². The van der Waals surface area contributed by atoms with E-state index >= 15 is 0 Å². The first-order chi connectivity index (χ1) is 8.97. The van der Waals surface area contributed by atoms with Crippen LogP contribution < -0.4 is 10.6 Å². The van der Waals surface area contributed by atoms with Crippen LogP contribution in [0, 0.1) is 5.92 Å². The monoisotopic (exact) mass is 285 g/mol. The van der Waals surface area contributed by atoms with Crippen molar-refractivity contribution in [1.82, 2.24) is 15.6 Å². The molecular formula is C11H15N3O4S. The quantitative estimate of drug-likeness (QED) is 0.721. The minimum Gasteiger partial charge on any atom is -0.481 e. The zero-order chi connectivity index (χ0) is 14.3. The molecule has 19 heavy (non-hydrogen) atoms. The van der Waals surface area contributed by atoms with Crippen LogP contribution in [-0.2, 0) is 16.1 Å². The molecule has 104 valence electrons. The predicted octanol–water partition coefficient (Wildman–Crippen LogP) is 0.970. The number of aromatic nitrogens is 1. The summed E-state index contributed by atoms with van der Waals surface area (Å²) in [5.74, 6) is -1.77. The van der Waals surface area contributed by atoms with E-state index in [4.69, 9.17) is 5.11 Å². The summed E-state index contributed by atoms with van der Waals surface area (Å²) in [7, 11) is 0. The zero-order valence-electron chi connectivity index (χ0n) is 10.4. The molecule has 0 aliphatic carbocycles. The molecule has 0 spiro atoms. The summed E-state index contributed by atoms with van der Waals surface area (Å²) in [6.45, 7) is 1.94. The van der Waals surface area contributed by atoms with Crippen LogP contribution in [0.1, 0.15) is 24.6 Å². The van der Waals surface area contributed by atoms with Gasteiger partial charge in [0.2, 0.25) is 5.91 Å². The van der Waals surface area contributed by atoms with Gasteiger partial charge in [0.1, 0.15) is 0 Å². The molecule has 8 heteroatoms. The summed E-state index contributed by atoms with van der Waals surface area (Å²) < 4.78 is 0. The van der Waals surface area contributed by atoms with Crippen LogP contribution in [0.25, 0.3) is 0 Å². The molecule has 0 saturated heterocycles. The van der Waals surface area contributed by atoms with Crippen molar-refractivity contribution in [3.05, 3.63) is 16.6 Å². The van der Waals surface area contributed by atoms with Crippen molar-refractivity contribution < 1.29 is 19.5 Å². The lowest BCUT2D eigenvalue weighted by Crippen LogP contribution is -2.39. The Morgan fingerprint density at radius 1 is 1.42 bits per heavy atom. The Hall–Kier alpha value is -1.96. The van der Waals surface area contributed by atoms with E-state index < -0.39 is 17.9 Å². The van der Waals surface area contributed by atoms with E-state index in [0.717, 1.165) is 4.88 Å². The highest BCUT2D eigenvalue weighted by Crippen LogP contribution is 2.07. The molecule has 1 rings (SSSR count). The molecule has 0 aromatic carbocycles. The first kappa shape index (κ1) is 15.1. The van der Waals surface area contributed by atoms with E-state index in [-0.39, 0.29) is 18.8 Å². The fraction of sp³-hybridized carbons (Fsp3) is 0.455. The predicted molar refractivity (Wildman–Crippen MR) is 68.5 cm³/mol. The Bertz CT molecular complexity index is 447. The number of hydrogen-bond donors (Lipinski definition) is 3. The fourth-order valence-electron chi connectivity index (χ4n) is 1.41. The number of aliphatic carboxylic acids is 1. The number of thiazole rings is 1. The molecule has 3 N–H and O–H groups in total. The Balaban J connectivity index is 2.24. The van der Waals surface area contributed by atoms with Gasteiger partial charge in [-0.2, -0.15) is 0 Å². The number of hydrogen-bond acceptors (Lipinski definition) is 5. The number of amides is 3. The maximum absolute atomic E-state index is 11.4. The van der Waals surface area contributed by atoms with Crippen molar-refractivity contribution in [1.29, 1.82) is 0 Å². The first-order valence-corrected chi connectivity index (χ1v) is 6.52. The van der Waals surface area contributed by atoms with Crippen LogP contribution in [0.2, 0.25) is 0 Å². The number of carbonyl (C=O) groups excluding carboxylic acids is 2. The van der Waals surface area contributed by atoms with Gasteiger partial charge in [0.25, 0.3) is 0 Å². The lowest BCUT2D eigenvalue weighted by atomic mass is 10.0. The maximum Gasteiger partial charge on any atom is 0.321 e. The van der Waals surface area contributed by atoms with Gasteiger partial charge >= 0.3 is 12.0 Å². The number of urea groups is 1. The second-order valence-electron chi connectivity index (χ2n) is 4.11. The van der Waals surface area contributed by atoms with E-state index in [0.29, 0.717) is 6.54 Å². The Labute approximate surface area is 114 Å². The molecule has 1 unspecified atom stereocenters. The third-order valence-electron chi connectivity index (χ3n) is 2.22. The molecule has 1 aromatic heterocycles. The number of carboxylic acid groups (broad SMARTS) is 1. The van der Waals surface area contributed by atoms with Gasteiger partial charge in [-0.05, 0) is 5.92 Å². The molecule has 1 heterocycles. The molecule has 0 aliphatic heterocycles. The summed E-state index contributed by atoms with van der Waals surface area (Å²) in [6, 6.07) is -0.596. The van der Waals surface area contributed by atoms with Gasteiger partial charge in [0.05, 0.1) is 12.1 Å². The molecule has 1 atom stereocenters. The van der Waals surface area contributed by atoms with Crippen LogP contribution in [0.15, 0.2) is 11.7 Å². The van der Waals surface area contributed by atoms with Gasteiger partial charge < -0.3 is 10.4 Å². The first-order valence-electron chi connectivity index (χ1n) is 5.64. The normalized spacial score (nSPS) is 11.6. The van der Waals surface area contributed by atoms with Gasteiger partial charge in [0.15, 0.2) is 0 Å². The Morgan fingerprint density at radius 3 is 2.74 bits per heavy atom. The standard InChI is InChI=1S/C11H15N3O4S/c1-7(3-10(16)17)2-9(15)14-11(18)13-5-8-4-12-6-19-8/h4,6-7H,2-3,5H2,1H3,(H,16,17)(H2,13,14,15,18). The van der Waals surface area contributed by atoms with Crippen molar-refractivity contribution in [3.8, 4) is 0 Å². The van der Waals surface area contributed by atoms with Crippen molar-refractivity contribution >= 4 is 29.2 Å². The fourth-order valence-corrected chi connectivity index (χ4v) is 1.94. The molecule has 0 saturated carbocycles. The third kappa shape index (κ3) is 6.51. The molecule has 0 aliphatic rings. The Morgan fingerprint density at radius 2 is 2.16 bits per heavy atom. The summed E-state index contributed by atoms with van der Waals surface area (Å²) in [4.78, 5) is 38.0. The van der Waals surface area contributed by atoms with Crippen LogP contribution >= 0.6 is 11.3 Å². The van der Waals surface area contributed by atoms with E-state index in [1.54, 1.807) is 18.6 Å². The highest BCUT2D eigenvalue weighted by Gasteiger charge is 2.14. The number of carbonyl (C=O) groups is 3. The molecule has 3 amide bonds. The summed E-state index contributed by atoms with van der Waals surface area (Å²) in [6.07, 6.45) is 1.53. The smallest absolute Gasteiger partial charge is 0.321 e. The number of imide groups is 1. The van der Waals surface area contributed by atoms with Crippen LogP contribution in [-0.4, -0.2) is 28.0 Å². The van der Waals surface area contributed by atoms with Crippen molar-refractivity contribution in [2.24, 2.45) is 5.92 Å². The van der Waals surface area contributed by atoms with Crippen LogP contribution in [0.5, 0.6) is 0 Å². The number of nitrogens with zero attached hydrogens (tertiary/aromatic N) is 1. The van der Waals surface area contributed by atoms with Crippen molar-refractivity contribution in [2.45, 2.75) is 26.3 Å². The van der Waals surface area contributed by atoms with Gasteiger partial charge in [0, 0.05) is 23.9 Å². The molecule has 0 radical (unpaired) electrons. The van der Waals surface area contributed by atoms with E-state index in [9.17, 15) is 14.4 Å².